The summed E-state index contributed by atoms with van der Waals surface area (Å²) >= 11 is 0. The fraction of sp³-hybridized carbons (Fsp3) is 0.316. The van der Waals surface area contributed by atoms with Crippen molar-refractivity contribution in [1.29, 1.82) is 0 Å². The van der Waals surface area contributed by atoms with Crippen LogP contribution in [-0.2, 0) is 0 Å². The van der Waals surface area contributed by atoms with E-state index in [1.807, 2.05) is 30.3 Å². The van der Waals surface area contributed by atoms with Gasteiger partial charge in [0, 0.05) is 42.7 Å². The Hall–Kier alpha value is -2.89. The van der Waals surface area contributed by atoms with Gasteiger partial charge in [0.25, 0.3) is 5.69 Å². The van der Waals surface area contributed by atoms with Crippen LogP contribution in [0, 0.1) is 10.1 Å². The first-order valence-corrected chi connectivity index (χ1v) is 8.39. The van der Waals surface area contributed by atoms with E-state index in [9.17, 15) is 10.1 Å². The smallest absolute Gasteiger partial charge is 0.270 e. The summed E-state index contributed by atoms with van der Waals surface area (Å²) in [5.41, 5.74) is 2.63. The minimum absolute atomic E-state index is 0.0805. The third-order valence-corrected chi connectivity index (χ3v) is 4.34. The molecular weight excluding hydrogens is 318 g/mol. The summed E-state index contributed by atoms with van der Waals surface area (Å²) in [5.74, 6) is 0.767. The van der Waals surface area contributed by atoms with E-state index in [1.165, 1.54) is 6.42 Å². The van der Waals surface area contributed by atoms with Gasteiger partial charge in [0.1, 0.15) is 5.75 Å². The molecule has 0 bridgehead atoms. The van der Waals surface area contributed by atoms with Gasteiger partial charge in [0.15, 0.2) is 0 Å². The number of nitrogens with zero attached hydrogens (tertiary/aromatic N) is 3. The highest BCUT2D eigenvalue weighted by Gasteiger charge is 2.16. The number of nitro groups is 1. The minimum atomic E-state index is -0.370. The fourth-order valence-electron chi connectivity index (χ4n) is 2.99. The Kier molecular flexibility index (Phi) is 5.28. The second-order valence-corrected chi connectivity index (χ2v) is 6.00. The monoisotopic (exact) mass is 339 g/mol. The molecule has 0 spiro atoms. The molecule has 2 aromatic rings. The highest BCUT2D eigenvalue weighted by Crippen LogP contribution is 2.27. The highest BCUT2D eigenvalue weighted by molar-refractivity contribution is 5.90. The van der Waals surface area contributed by atoms with Gasteiger partial charge in [-0.3, -0.25) is 15.1 Å². The summed E-state index contributed by atoms with van der Waals surface area (Å²) in [6.45, 7) is 1.95. The van der Waals surface area contributed by atoms with Crippen molar-refractivity contribution in [3.63, 3.8) is 0 Å². The number of piperidine rings is 1. The first kappa shape index (κ1) is 17.0. The van der Waals surface area contributed by atoms with Gasteiger partial charge in [-0.25, -0.2) is 0 Å². The number of methoxy groups -OCH3 is 1. The van der Waals surface area contributed by atoms with Gasteiger partial charge in [-0.1, -0.05) is 0 Å². The van der Waals surface area contributed by atoms with E-state index in [0.29, 0.717) is 0 Å². The van der Waals surface area contributed by atoms with Crippen LogP contribution in [0.25, 0.3) is 0 Å². The summed E-state index contributed by atoms with van der Waals surface area (Å²) in [6.07, 6.45) is 5.23. The van der Waals surface area contributed by atoms with Crippen LogP contribution in [0.4, 0.5) is 17.1 Å². The van der Waals surface area contributed by atoms with Crippen molar-refractivity contribution < 1.29 is 9.66 Å². The summed E-state index contributed by atoms with van der Waals surface area (Å²) in [4.78, 5) is 17.5. The summed E-state index contributed by atoms with van der Waals surface area (Å²) in [7, 11) is 1.62. The maximum Gasteiger partial charge on any atom is 0.270 e. The number of rotatable bonds is 5. The Morgan fingerprint density at radius 2 is 1.84 bits per heavy atom. The van der Waals surface area contributed by atoms with Gasteiger partial charge < -0.3 is 9.64 Å². The Morgan fingerprint density at radius 1 is 1.12 bits per heavy atom. The Balaban J connectivity index is 1.91. The largest absolute Gasteiger partial charge is 0.497 e. The Bertz CT molecular complexity index is 766. The lowest BCUT2D eigenvalue weighted by Gasteiger charge is -2.29. The topological polar surface area (TPSA) is 68.0 Å². The molecule has 6 heteroatoms. The third kappa shape index (κ3) is 4.15. The zero-order chi connectivity index (χ0) is 17.6. The molecule has 0 amide bonds. The molecule has 2 aromatic carbocycles. The summed E-state index contributed by atoms with van der Waals surface area (Å²) in [6, 6.07) is 12.4. The molecule has 6 nitrogen and oxygen atoms in total. The van der Waals surface area contributed by atoms with Crippen molar-refractivity contribution in [2.75, 3.05) is 25.1 Å². The first-order valence-electron chi connectivity index (χ1n) is 8.39. The summed E-state index contributed by atoms with van der Waals surface area (Å²) in [5, 5.41) is 11.1. The maximum absolute atomic E-state index is 11.1. The standard InChI is InChI=1S/C19H21N3O3/c1-25-18-8-5-16(6-9-18)20-14-15-13-17(22(23)24)7-10-19(15)21-11-3-2-4-12-21/h5-10,13-14H,2-4,11-12H2,1H3. The first-order chi connectivity index (χ1) is 12.2. The molecule has 0 atom stereocenters. The van der Waals surface area contributed by atoms with Crippen LogP contribution in [0.5, 0.6) is 5.75 Å². The van der Waals surface area contributed by atoms with Crippen LogP contribution >= 0.6 is 0 Å². The van der Waals surface area contributed by atoms with Crippen molar-refractivity contribution in [1.82, 2.24) is 0 Å². The zero-order valence-electron chi connectivity index (χ0n) is 14.2. The van der Waals surface area contributed by atoms with E-state index in [0.717, 1.165) is 48.6 Å². The predicted molar refractivity (Wildman–Crippen MR) is 99.4 cm³/mol. The maximum atomic E-state index is 11.1. The fourth-order valence-corrected chi connectivity index (χ4v) is 2.99. The number of non-ortho nitro benzene ring substituents is 1. The molecule has 130 valence electrons. The van der Waals surface area contributed by atoms with Gasteiger partial charge in [0.05, 0.1) is 17.7 Å². The molecule has 3 rings (SSSR count). The van der Waals surface area contributed by atoms with Gasteiger partial charge in [0.2, 0.25) is 0 Å². The Labute approximate surface area is 146 Å². The third-order valence-electron chi connectivity index (χ3n) is 4.34. The van der Waals surface area contributed by atoms with Crippen molar-refractivity contribution in [2.24, 2.45) is 4.99 Å². The van der Waals surface area contributed by atoms with E-state index in [1.54, 1.807) is 25.5 Å². The predicted octanol–water partition coefficient (Wildman–Crippen LogP) is 4.34. The molecule has 0 aliphatic carbocycles. The van der Waals surface area contributed by atoms with Crippen LogP contribution in [-0.4, -0.2) is 31.3 Å². The molecule has 1 heterocycles. The molecule has 0 saturated carbocycles. The number of ether oxygens (including phenoxy) is 1. The number of hydrogen-bond acceptors (Lipinski definition) is 5. The molecule has 25 heavy (non-hydrogen) atoms. The van der Waals surface area contributed by atoms with Crippen molar-refractivity contribution in [2.45, 2.75) is 19.3 Å². The quantitative estimate of drug-likeness (QED) is 0.461. The molecular formula is C19H21N3O3. The number of aliphatic imine (C=N–C) groups is 1. The minimum Gasteiger partial charge on any atom is -0.497 e. The Morgan fingerprint density at radius 3 is 2.48 bits per heavy atom. The zero-order valence-corrected chi connectivity index (χ0v) is 14.2. The van der Waals surface area contributed by atoms with E-state index in [4.69, 9.17) is 4.74 Å². The molecule has 0 N–H and O–H groups in total. The van der Waals surface area contributed by atoms with Crippen LogP contribution in [0.15, 0.2) is 47.5 Å². The van der Waals surface area contributed by atoms with Gasteiger partial charge >= 0.3 is 0 Å². The number of nitro benzene ring substituents is 1. The molecule has 1 fully saturated rings. The van der Waals surface area contributed by atoms with E-state index in [2.05, 4.69) is 9.89 Å². The molecule has 1 saturated heterocycles. The number of hydrogen-bond donors (Lipinski definition) is 0. The van der Waals surface area contributed by atoms with Crippen LogP contribution in [0.3, 0.4) is 0 Å². The summed E-state index contributed by atoms with van der Waals surface area (Å²) < 4.78 is 5.14. The molecule has 0 radical (unpaired) electrons. The van der Waals surface area contributed by atoms with Crippen LogP contribution < -0.4 is 9.64 Å². The lowest BCUT2D eigenvalue weighted by molar-refractivity contribution is -0.384. The second-order valence-electron chi connectivity index (χ2n) is 6.00. The normalized spacial score (nSPS) is 14.7. The van der Waals surface area contributed by atoms with E-state index >= 15 is 0 Å². The number of benzene rings is 2. The second kappa shape index (κ2) is 7.79. The molecule has 0 aromatic heterocycles. The van der Waals surface area contributed by atoms with E-state index in [-0.39, 0.29) is 10.6 Å². The van der Waals surface area contributed by atoms with Gasteiger partial charge in [-0.05, 0) is 49.6 Å². The van der Waals surface area contributed by atoms with Crippen molar-refractivity contribution in [3.05, 3.63) is 58.1 Å². The van der Waals surface area contributed by atoms with Crippen molar-refractivity contribution in [3.8, 4) is 5.75 Å². The SMILES string of the molecule is COc1ccc(N=Cc2cc([N+](=O)[O-])ccc2N2CCCCC2)cc1. The van der Waals surface area contributed by atoms with Gasteiger partial charge in [-0.15, -0.1) is 0 Å². The molecule has 1 aliphatic heterocycles. The van der Waals surface area contributed by atoms with Gasteiger partial charge in [-0.2, -0.15) is 0 Å². The average molecular weight is 339 g/mol. The highest BCUT2D eigenvalue weighted by atomic mass is 16.6. The van der Waals surface area contributed by atoms with Crippen molar-refractivity contribution >= 4 is 23.3 Å². The van der Waals surface area contributed by atoms with Crippen LogP contribution in [0.1, 0.15) is 24.8 Å². The molecule has 0 unspecified atom stereocenters. The lowest BCUT2D eigenvalue weighted by atomic mass is 10.1. The van der Waals surface area contributed by atoms with Crippen LogP contribution in [0.2, 0.25) is 0 Å². The number of anilines is 1. The molecule has 1 aliphatic rings. The lowest BCUT2D eigenvalue weighted by Crippen LogP contribution is -2.30. The van der Waals surface area contributed by atoms with E-state index < -0.39 is 0 Å². The average Bonchev–Trinajstić information content (AvgIpc) is 2.67.